The molecule has 136 heavy (non-hydrogen) atoms. The minimum atomic E-state index is -0.139. The normalized spacial score (nSPS) is 11.2. The maximum Gasteiger partial charge on any atom is 0.146 e. The van der Waals surface area contributed by atoms with Crippen molar-refractivity contribution in [2.24, 2.45) is 40.9 Å². The highest BCUT2D eigenvalue weighted by molar-refractivity contribution is 5.99. The summed E-state index contributed by atoms with van der Waals surface area (Å²) in [4.78, 5) is 44.8. The predicted molar refractivity (Wildman–Crippen MR) is 537 cm³/mol. The van der Waals surface area contributed by atoms with Crippen LogP contribution < -0.4 is 19.6 Å². The first-order valence-corrected chi connectivity index (χ1v) is 44.1. The number of aromatic hydroxyl groups is 5. The van der Waals surface area contributed by atoms with Gasteiger partial charge in [-0.15, -0.1) is 40.9 Å². The number of azo groups is 4. The van der Waals surface area contributed by atoms with E-state index in [1.807, 2.05) is 330 Å². The van der Waals surface area contributed by atoms with Crippen molar-refractivity contribution in [1.29, 1.82) is 0 Å². The summed E-state index contributed by atoms with van der Waals surface area (Å²) in [5.74, 6) is 0.403. The molecule has 0 amide bonds. The number of rotatable bonds is 28. The molecule has 0 spiro atoms. The van der Waals surface area contributed by atoms with Gasteiger partial charge in [0.15, 0.2) is 0 Å². The Balaban J connectivity index is 0.000000132. The summed E-state index contributed by atoms with van der Waals surface area (Å²) in [6, 6.07) is 111. The highest BCUT2D eigenvalue weighted by Crippen LogP contribution is 2.44. The number of pyridine rings is 8. The Labute approximate surface area is 787 Å². The Morgan fingerprint density at radius 3 is 0.890 bits per heavy atom. The van der Waals surface area contributed by atoms with E-state index in [4.69, 9.17) is 5.11 Å². The van der Waals surface area contributed by atoms with Gasteiger partial charge in [0.1, 0.15) is 62.9 Å². The lowest BCUT2D eigenvalue weighted by Crippen LogP contribution is -2.23. The van der Waals surface area contributed by atoms with Crippen molar-refractivity contribution in [1.82, 2.24) is 39.9 Å². The zero-order chi connectivity index (χ0) is 93.6. The standard InChI is InChI=1S/3C29H25N5O.C24H21N5O2/c1-21-12-13-22-18-25(35)14-15-26(22)29(21)33-32-27-10-2-3-11-28(27)34(19-23-8-4-6-16-30-23)20-24-9-5-7-17-31-24;1-21-12-13-22-14-15-28(35)29(25(22)18-21)33-32-26-10-2-3-11-27(26)34(19-23-8-4-6-16-30-23)20-24-9-5-7-17-31-24;1-21-18-28(35)24-12-2-3-13-25(24)29(21)33-32-26-14-4-5-15-27(26)34(19-22-10-6-8-16-30-22)20-23-11-7-9-17-31-23;30-20-11-12-22(24(31)15-20)28-27-21-9-1-2-10-23(21)29(16-18-7-3-5-13-25-18)17-19-8-4-6-14-26-19/h3*2-18,35H,19-20H2,1H3;1-15,30-31H,16-17H2. The molecule has 25 nitrogen and oxygen atoms in total. The summed E-state index contributed by atoms with van der Waals surface area (Å²) in [7, 11) is 0. The Hall–Kier alpha value is -18.0. The second-order valence-corrected chi connectivity index (χ2v) is 31.8. The molecule has 5 N–H and O–H groups in total. The van der Waals surface area contributed by atoms with E-state index >= 15 is 0 Å². The maximum atomic E-state index is 10.6. The number of fused-ring (bicyclic) bond motifs is 3. The number of aromatic nitrogens is 8. The van der Waals surface area contributed by atoms with Gasteiger partial charge in [-0.25, -0.2) is 0 Å². The molecule has 0 saturated heterocycles. The molecule has 0 aliphatic heterocycles. The molecule has 8 aromatic heterocycles. The molecule has 670 valence electrons. The Morgan fingerprint density at radius 2 is 0.515 bits per heavy atom. The molecular weight excluding hydrogens is 1690 g/mol. The van der Waals surface area contributed by atoms with E-state index < -0.39 is 0 Å². The van der Waals surface area contributed by atoms with E-state index in [9.17, 15) is 25.5 Å². The highest BCUT2D eigenvalue weighted by atomic mass is 16.3. The first-order valence-electron chi connectivity index (χ1n) is 44.1. The Kier molecular flexibility index (Phi) is 30.6. The summed E-state index contributed by atoms with van der Waals surface area (Å²) < 4.78 is 0. The second kappa shape index (κ2) is 45.5. The lowest BCUT2D eigenvalue weighted by Gasteiger charge is -2.25. The molecular formula is C111H96N20O5. The lowest BCUT2D eigenvalue weighted by atomic mass is 10.0. The van der Waals surface area contributed by atoms with Gasteiger partial charge in [0.05, 0.1) is 132 Å². The van der Waals surface area contributed by atoms with Gasteiger partial charge in [-0.1, -0.05) is 157 Å². The SMILES string of the molecule is Cc1cc(O)c2ccccc2c1N=Nc1ccccc1N(Cc1ccccn1)Cc1ccccn1.Cc1ccc2cc(O)ccc2c1N=Nc1ccccc1N(Cc1ccccn1)Cc1ccccn1.Cc1ccc2ccc(O)c(N=Nc3ccccc3N(Cc3ccccn3)Cc3ccccn3)c2c1.Oc1ccc(N=Nc2ccccc2N(Cc2ccccn2)Cc2ccccn2)c(O)c1. The van der Waals surface area contributed by atoms with Crippen LogP contribution >= 0.6 is 0 Å². The Morgan fingerprint density at radius 1 is 0.206 bits per heavy atom. The lowest BCUT2D eigenvalue weighted by molar-refractivity contribution is 0.451. The number of nitrogens with zero attached hydrogens (tertiary/aromatic N) is 20. The van der Waals surface area contributed by atoms with Crippen molar-refractivity contribution in [3.63, 3.8) is 0 Å². The number of phenols is 5. The molecule has 8 heterocycles. The van der Waals surface area contributed by atoms with Crippen LogP contribution in [0.15, 0.2) is 442 Å². The monoisotopic (exact) mass is 1790 g/mol. The van der Waals surface area contributed by atoms with Crippen LogP contribution in [0.1, 0.15) is 62.2 Å². The fourth-order valence-corrected chi connectivity index (χ4v) is 15.3. The molecule has 0 unspecified atom stereocenters. The number of benzene rings is 11. The molecule has 11 aromatic carbocycles. The maximum absolute atomic E-state index is 10.6. The smallest absolute Gasteiger partial charge is 0.146 e. The molecule has 0 radical (unpaired) electrons. The van der Waals surface area contributed by atoms with Crippen LogP contribution in [0.25, 0.3) is 32.3 Å². The molecule has 0 fully saturated rings. The minimum absolute atomic E-state index is 0.0336. The van der Waals surface area contributed by atoms with E-state index in [-0.39, 0.29) is 34.4 Å². The number of para-hydroxylation sites is 4. The van der Waals surface area contributed by atoms with Crippen molar-refractivity contribution in [3.05, 3.63) is 464 Å². The molecule has 0 atom stereocenters. The largest absolute Gasteiger partial charge is 0.508 e. The summed E-state index contributed by atoms with van der Waals surface area (Å²) in [5, 5.41) is 92.0. The average Bonchev–Trinajstić information content (AvgIpc) is 0.791. The van der Waals surface area contributed by atoms with Crippen LogP contribution in [-0.4, -0.2) is 65.4 Å². The predicted octanol–water partition coefficient (Wildman–Crippen LogP) is 27.3. The molecule has 19 rings (SSSR count). The summed E-state index contributed by atoms with van der Waals surface area (Å²) in [5.41, 5.74) is 19.3. The number of aryl methyl sites for hydroxylation is 3. The number of anilines is 4. The first-order chi connectivity index (χ1) is 66.7. The van der Waals surface area contributed by atoms with Crippen molar-refractivity contribution in [2.45, 2.75) is 73.1 Å². The third-order valence-electron chi connectivity index (χ3n) is 22.0. The molecule has 19 aromatic rings. The fraction of sp³-hybridized carbons (Fsp3) is 0.0991. The van der Waals surface area contributed by atoms with Gasteiger partial charge < -0.3 is 45.1 Å². The van der Waals surface area contributed by atoms with Crippen molar-refractivity contribution in [3.8, 4) is 28.7 Å². The van der Waals surface area contributed by atoms with Crippen LogP contribution in [0.4, 0.5) is 68.2 Å². The van der Waals surface area contributed by atoms with Gasteiger partial charge in [0.2, 0.25) is 0 Å². The van der Waals surface area contributed by atoms with Crippen LogP contribution in [0.3, 0.4) is 0 Å². The average molecular weight is 1790 g/mol. The topological polar surface area (TPSA) is 316 Å². The first kappa shape index (κ1) is 91.3. The van der Waals surface area contributed by atoms with Crippen LogP contribution in [0.2, 0.25) is 0 Å². The van der Waals surface area contributed by atoms with Crippen LogP contribution in [0.5, 0.6) is 28.7 Å². The van der Waals surface area contributed by atoms with Crippen molar-refractivity contribution >= 4 is 101 Å². The zero-order valence-electron chi connectivity index (χ0n) is 74.9. The Bertz CT molecular complexity index is 7000. The fourth-order valence-electron chi connectivity index (χ4n) is 15.3. The quantitative estimate of drug-likeness (QED) is 0.0285. The zero-order valence-corrected chi connectivity index (χ0v) is 74.9. The number of phenolic OH excluding ortho intramolecular Hbond substituents is 5. The second-order valence-electron chi connectivity index (χ2n) is 31.8. The molecule has 0 saturated carbocycles. The highest BCUT2D eigenvalue weighted by Gasteiger charge is 2.22. The van der Waals surface area contributed by atoms with E-state index in [1.54, 1.807) is 73.8 Å². The number of hydrogen-bond donors (Lipinski definition) is 5. The van der Waals surface area contributed by atoms with Crippen LogP contribution in [0, 0.1) is 20.8 Å². The molecule has 25 heteroatoms. The van der Waals surface area contributed by atoms with Crippen LogP contribution in [-0.2, 0) is 52.4 Å². The van der Waals surface area contributed by atoms with E-state index in [0.717, 1.165) is 140 Å². The van der Waals surface area contributed by atoms with Gasteiger partial charge in [-0.05, 0) is 237 Å². The van der Waals surface area contributed by atoms with E-state index in [0.29, 0.717) is 69.4 Å². The van der Waals surface area contributed by atoms with Gasteiger partial charge in [-0.2, -0.15) is 0 Å². The minimum Gasteiger partial charge on any atom is -0.508 e. The number of hydrogen-bond acceptors (Lipinski definition) is 25. The van der Waals surface area contributed by atoms with Gasteiger partial charge in [-0.3, -0.25) is 39.9 Å². The molecule has 0 bridgehead atoms. The van der Waals surface area contributed by atoms with Gasteiger partial charge in [0, 0.05) is 77.2 Å². The van der Waals surface area contributed by atoms with Gasteiger partial charge >= 0.3 is 0 Å². The van der Waals surface area contributed by atoms with Gasteiger partial charge in [0.25, 0.3) is 0 Å². The third-order valence-corrected chi connectivity index (χ3v) is 22.0. The summed E-state index contributed by atoms with van der Waals surface area (Å²) in [6.07, 6.45) is 14.4. The molecule has 0 aliphatic rings. The van der Waals surface area contributed by atoms with E-state index in [2.05, 4.69) is 95.3 Å². The van der Waals surface area contributed by atoms with Crippen molar-refractivity contribution < 1.29 is 25.5 Å². The van der Waals surface area contributed by atoms with Crippen molar-refractivity contribution in [2.75, 3.05) is 19.6 Å². The molecule has 0 aliphatic carbocycles. The van der Waals surface area contributed by atoms with E-state index in [1.165, 1.54) is 18.2 Å². The third kappa shape index (κ3) is 24.5. The summed E-state index contributed by atoms with van der Waals surface area (Å²) in [6.45, 7) is 10.7. The summed E-state index contributed by atoms with van der Waals surface area (Å²) >= 11 is 0.